The molecule has 0 saturated heterocycles. The summed E-state index contributed by atoms with van der Waals surface area (Å²) in [5.41, 5.74) is 7.87. The zero-order chi connectivity index (χ0) is 13.0. The van der Waals surface area contributed by atoms with Crippen LogP contribution in [-0.4, -0.2) is 4.98 Å². The standard InChI is InChI=1S/C12H11ClN4S/c13-11-10(6-15)18-12(17-11)16-7-9-4-2-1-3-8(9)5-14/h1-4H,5,7,14H2,(H,16,17). The van der Waals surface area contributed by atoms with Crippen molar-refractivity contribution in [1.29, 1.82) is 5.26 Å². The predicted molar refractivity (Wildman–Crippen MR) is 73.5 cm³/mol. The average Bonchev–Trinajstić information content (AvgIpc) is 2.77. The van der Waals surface area contributed by atoms with Crippen molar-refractivity contribution in [2.24, 2.45) is 5.73 Å². The fourth-order valence-corrected chi connectivity index (χ4v) is 2.49. The van der Waals surface area contributed by atoms with Gasteiger partial charge < -0.3 is 11.1 Å². The molecule has 0 saturated carbocycles. The van der Waals surface area contributed by atoms with Gasteiger partial charge >= 0.3 is 0 Å². The van der Waals surface area contributed by atoms with Crippen LogP contribution in [0.15, 0.2) is 24.3 Å². The molecule has 1 aromatic carbocycles. The molecule has 0 unspecified atom stereocenters. The average molecular weight is 279 g/mol. The summed E-state index contributed by atoms with van der Waals surface area (Å²) < 4.78 is 0. The lowest BCUT2D eigenvalue weighted by atomic mass is 10.1. The first kappa shape index (κ1) is 12.8. The smallest absolute Gasteiger partial charge is 0.185 e. The van der Waals surface area contributed by atoms with Crippen molar-refractivity contribution in [2.45, 2.75) is 13.1 Å². The van der Waals surface area contributed by atoms with Crippen LogP contribution in [0, 0.1) is 11.3 Å². The van der Waals surface area contributed by atoms with Gasteiger partial charge in [-0.05, 0) is 11.1 Å². The van der Waals surface area contributed by atoms with E-state index in [0.717, 1.165) is 11.1 Å². The Morgan fingerprint density at radius 1 is 1.39 bits per heavy atom. The third-order valence-corrected chi connectivity index (χ3v) is 3.76. The lowest BCUT2D eigenvalue weighted by Crippen LogP contribution is -2.05. The number of nitrogens with zero attached hydrogens (tertiary/aromatic N) is 2. The van der Waals surface area contributed by atoms with Crippen molar-refractivity contribution in [2.75, 3.05) is 5.32 Å². The normalized spacial score (nSPS) is 10.1. The number of nitrogens with two attached hydrogens (primary N) is 1. The van der Waals surface area contributed by atoms with E-state index in [1.54, 1.807) is 0 Å². The van der Waals surface area contributed by atoms with Gasteiger partial charge in [-0.1, -0.05) is 47.2 Å². The summed E-state index contributed by atoms with van der Waals surface area (Å²) in [7, 11) is 0. The number of halogens is 1. The van der Waals surface area contributed by atoms with Gasteiger partial charge in [-0.3, -0.25) is 0 Å². The van der Waals surface area contributed by atoms with E-state index in [1.807, 2.05) is 30.3 Å². The second kappa shape index (κ2) is 5.83. The molecular formula is C12H11ClN4S. The second-order valence-electron chi connectivity index (χ2n) is 3.58. The Kier molecular flexibility index (Phi) is 4.15. The molecule has 0 amide bonds. The van der Waals surface area contributed by atoms with Crippen molar-refractivity contribution >= 4 is 28.1 Å². The first-order valence-corrected chi connectivity index (χ1v) is 6.51. The highest BCUT2D eigenvalue weighted by molar-refractivity contribution is 7.16. The molecule has 2 aromatic rings. The highest BCUT2D eigenvalue weighted by atomic mass is 35.5. The van der Waals surface area contributed by atoms with E-state index in [9.17, 15) is 0 Å². The van der Waals surface area contributed by atoms with Crippen LogP contribution >= 0.6 is 22.9 Å². The maximum atomic E-state index is 8.79. The molecule has 4 nitrogen and oxygen atoms in total. The largest absolute Gasteiger partial charge is 0.357 e. The Morgan fingerprint density at radius 3 is 2.72 bits per heavy atom. The fourth-order valence-electron chi connectivity index (χ4n) is 1.55. The van der Waals surface area contributed by atoms with Crippen LogP contribution in [0.2, 0.25) is 5.15 Å². The van der Waals surface area contributed by atoms with E-state index in [0.29, 0.717) is 23.1 Å². The van der Waals surface area contributed by atoms with E-state index in [2.05, 4.69) is 10.3 Å². The van der Waals surface area contributed by atoms with Crippen molar-refractivity contribution in [1.82, 2.24) is 4.98 Å². The van der Waals surface area contributed by atoms with Gasteiger partial charge in [-0.2, -0.15) is 5.26 Å². The number of nitrogens with one attached hydrogen (secondary N) is 1. The number of hydrogen-bond donors (Lipinski definition) is 2. The molecule has 6 heteroatoms. The highest BCUT2D eigenvalue weighted by Crippen LogP contribution is 2.26. The molecule has 3 N–H and O–H groups in total. The molecule has 0 spiro atoms. The van der Waals surface area contributed by atoms with Crippen LogP contribution in [0.1, 0.15) is 16.0 Å². The minimum absolute atomic E-state index is 0.247. The van der Waals surface area contributed by atoms with E-state index in [4.69, 9.17) is 22.6 Å². The van der Waals surface area contributed by atoms with Gasteiger partial charge in [-0.25, -0.2) is 4.98 Å². The Labute approximate surface area is 114 Å². The Bertz CT molecular complexity index is 588. The number of rotatable bonds is 4. The van der Waals surface area contributed by atoms with Crippen LogP contribution in [0.3, 0.4) is 0 Å². The van der Waals surface area contributed by atoms with Gasteiger partial charge in [0.05, 0.1) is 0 Å². The molecule has 0 aliphatic carbocycles. The molecule has 1 aromatic heterocycles. The summed E-state index contributed by atoms with van der Waals surface area (Å²) in [6.07, 6.45) is 0. The number of hydrogen-bond acceptors (Lipinski definition) is 5. The fraction of sp³-hybridized carbons (Fsp3) is 0.167. The van der Waals surface area contributed by atoms with Gasteiger partial charge in [0, 0.05) is 13.1 Å². The van der Waals surface area contributed by atoms with Crippen molar-refractivity contribution < 1.29 is 0 Å². The molecule has 92 valence electrons. The third-order valence-electron chi connectivity index (χ3n) is 2.46. The first-order chi connectivity index (χ1) is 8.74. The van der Waals surface area contributed by atoms with Gasteiger partial charge in [0.25, 0.3) is 0 Å². The second-order valence-corrected chi connectivity index (χ2v) is 4.93. The summed E-state index contributed by atoms with van der Waals surface area (Å²) in [5.74, 6) is 0. The van der Waals surface area contributed by atoms with Crippen LogP contribution < -0.4 is 11.1 Å². The monoisotopic (exact) mass is 278 g/mol. The van der Waals surface area contributed by atoms with E-state index in [-0.39, 0.29) is 5.15 Å². The van der Waals surface area contributed by atoms with Crippen molar-refractivity contribution in [3.8, 4) is 6.07 Å². The molecule has 2 rings (SSSR count). The van der Waals surface area contributed by atoms with Crippen LogP contribution in [-0.2, 0) is 13.1 Å². The number of benzene rings is 1. The van der Waals surface area contributed by atoms with E-state index >= 15 is 0 Å². The molecule has 0 fully saturated rings. The summed E-state index contributed by atoms with van der Waals surface area (Å²) >= 11 is 7.05. The quantitative estimate of drug-likeness (QED) is 0.902. The minimum atomic E-state index is 0.247. The first-order valence-electron chi connectivity index (χ1n) is 5.31. The van der Waals surface area contributed by atoms with Crippen LogP contribution in [0.25, 0.3) is 0 Å². The van der Waals surface area contributed by atoms with Gasteiger partial charge in [0.15, 0.2) is 10.3 Å². The Morgan fingerprint density at radius 2 is 2.11 bits per heavy atom. The highest BCUT2D eigenvalue weighted by Gasteiger charge is 2.08. The van der Waals surface area contributed by atoms with Crippen molar-refractivity contribution in [3.05, 3.63) is 45.4 Å². The predicted octanol–water partition coefficient (Wildman–Crippen LogP) is 2.74. The molecule has 18 heavy (non-hydrogen) atoms. The Hall–Kier alpha value is -1.61. The lowest BCUT2D eigenvalue weighted by molar-refractivity contribution is 1.01. The number of thiazole rings is 1. The third kappa shape index (κ3) is 2.79. The minimum Gasteiger partial charge on any atom is -0.357 e. The maximum absolute atomic E-state index is 8.79. The molecule has 1 heterocycles. The summed E-state index contributed by atoms with van der Waals surface area (Å²) in [5, 5.41) is 12.8. The summed E-state index contributed by atoms with van der Waals surface area (Å²) in [6, 6.07) is 9.92. The number of nitriles is 1. The molecule has 0 atom stereocenters. The summed E-state index contributed by atoms with van der Waals surface area (Å²) in [6.45, 7) is 1.11. The van der Waals surface area contributed by atoms with Crippen LogP contribution in [0.4, 0.5) is 5.13 Å². The van der Waals surface area contributed by atoms with Gasteiger partial charge in [0.2, 0.25) is 0 Å². The topological polar surface area (TPSA) is 74.7 Å². The zero-order valence-electron chi connectivity index (χ0n) is 9.48. The Balaban J connectivity index is 2.09. The lowest BCUT2D eigenvalue weighted by Gasteiger charge is -2.07. The SMILES string of the molecule is N#Cc1sc(NCc2ccccc2CN)nc1Cl. The molecule has 0 radical (unpaired) electrons. The molecule has 0 aliphatic rings. The molecule has 0 aliphatic heterocycles. The summed E-state index contributed by atoms with van der Waals surface area (Å²) in [4.78, 5) is 4.49. The van der Waals surface area contributed by atoms with Gasteiger partial charge in [-0.15, -0.1) is 0 Å². The van der Waals surface area contributed by atoms with Gasteiger partial charge in [0.1, 0.15) is 10.9 Å². The van der Waals surface area contributed by atoms with E-state index < -0.39 is 0 Å². The number of aromatic nitrogens is 1. The molecule has 0 bridgehead atoms. The van der Waals surface area contributed by atoms with E-state index in [1.165, 1.54) is 11.3 Å². The molecular weight excluding hydrogens is 268 g/mol. The van der Waals surface area contributed by atoms with Crippen molar-refractivity contribution in [3.63, 3.8) is 0 Å². The van der Waals surface area contributed by atoms with Crippen LogP contribution in [0.5, 0.6) is 0 Å². The maximum Gasteiger partial charge on any atom is 0.185 e. The zero-order valence-corrected chi connectivity index (χ0v) is 11.1. The number of anilines is 1.